The van der Waals surface area contributed by atoms with Crippen molar-refractivity contribution in [3.63, 3.8) is 0 Å². The third kappa shape index (κ3) is 6.85. The molecular formula is C17H31IN4OS. The van der Waals surface area contributed by atoms with Crippen LogP contribution in [0.3, 0.4) is 0 Å². The Hall–Kier alpha value is -0.380. The van der Waals surface area contributed by atoms with Gasteiger partial charge in [-0.3, -0.25) is 9.89 Å². The summed E-state index contributed by atoms with van der Waals surface area (Å²) in [5.74, 6) is 0.986. The van der Waals surface area contributed by atoms with Crippen LogP contribution in [0.15, 0.2) is 22.5 Å². The van der Waals surface area contributed by atoms with Gasteiger partial charge in [-0.15, -0.1) is 35.3 Å². The quantitative estimate of drug-likeness (QED) is 0.363. The lowest BCUT2D eigenvalue weighted by Gasteiger charge is -2.27. The molecule has 1 unspecified atom stereocenters. The van der Waals surface area contributed by atoms with E-state index < -0.39 is 0 Å². The molecule has 0 aromatic carbocycles. The Bertz CT molecular complexity index is 469. The number of nitrogens with one attached hydrogen (secondary N) is 1. The number of guanidine groups is 1. The third-order valence-electron chi connectivity index (χ3n) is 4.42. The summed E-state index contributed by atoms with van der Waals surface area (Å²) in [6, 6.07) is 4.90. The van der Waals surface area contributed by atoms with Gasteiger partial charge in [-0.1, -0.05) is 6.07 Å². The fraction of sp³-hybridized carbons (Fsp3) is 0.706. The normalized spacial score (nSPS) is 18.5. The number of thiophene rings is 1. The van der Waals surface area contributed by atoms with Crippen LogP contribution in [0.25, 0.3) is 0 Å². The fourth-order valence-corrected chi connectivity index (χ4v) is 3.76. The second-order valence-corrected chi connectivity index (χ2v) is 7.04. The molecule has 1 N–H and O–H groups in total. The van der Waals surface area contributed by atoms with Crippen LogP contribution in [0.1, 0.15) is 17.7 Å². The predicted molar refractivity (Wildman–Crippen MR) is 114 cm³/mol. The number of aliphatic imine (C=N–C) groups is 1. The molecule has 0 bridgehead atoms. The van der Waals surface area contributed by atoms with Gasteiger partial charge in [0, 0.05) is 51.8 Å². The highest BCUT2D eigenvalue weighted by Gasteiger charge is 2.24. The molecule has 1 aromatic heterocycles. The molecule has 5 nitrogen and oxygen atoms in total. The van der Waals surface area contributed by atoms with Gasteiger partial charge in [0.1, 0.15) is 0 Å². The first-order chi connectivity index (χ1) is 11.2. The highest BCUT2D eigenvalue weighted by atomic mass is 127. The zero-order valence-corrected chi connectivity index (χ0v) is 18.2. The highest BCUT2D eigenvalue weighted by molar-refractivity contribution is 14.0. The molecule has 0 saturated carbocycles. The van der Waals surface area contributed by atoms with Crippen LogP contribution in [0.5, 0.6) is 0 Å². The molecule has 0 radical (unpaired) electrons. The maximum atomic E-state index is 5.21. The van der Waals surface area contributed by atoms with Gasteiger partial charge in [0.15, 0.2) is 5.96 Å². The van der Waals surface area contributed by atoms with E-state index in [4.69, 9.17) is 4.74 Å². The van der Waals surface area contributed by atoms with Crippen molar-refractivity contribution >= 4 is 41.3 Å². The van der Waals surface area contributed by atoms with E-state index in [9.17, 15) is 0 Å². The zero-order valence-electron chi connectivity index (χ0n) is 15.0. The fourth-order valence-electron chi connectivity index (χ4n) is 3.06. The van der Waals surface area contributed by atoms with Crippen LogP contribution >= 0.6 is 35.3 Å². The van der Waals surface area contributed by atoms with Crippen molar-refractivity contribution in [1.82, 2.24) is 15.1 Å². The number of likely N-dealkylation sites (N-methyl/N-ethyl adjacent to an activating group) is 1. The number of hydrogen-bond donors (Lipinski definition) is 1. The predicted octanol–water partition coefficient (Wildman–Crippen LogP) is 2.53. The van der Waals surface area contributed by atoms with Gasteiger partial charge in [0.25, 0.3) is 0 Å². The summed E-state index contributed by atoms with van der Waals surface area (Å²) < 4.78 is 5.21. The molecule has 0 spiro atoms. The van der Waals surface area contributed by atoms with Crippen LogP contribution in [0, 0.1) is 0 Å². The molecule has 0 aliphatic carbocycles. The number of methoxy groups -OCH3 is 1. The van der Waals surface area contributed by atoms with Crippen molar-refractivity contribution in [3.05, 3.63) is 22.4 Å². The molecule has 1 aliphatic rings. The average Bonchev–Trinajstić information content (AvgIpc) is 3.23. The number of hydrogen-bond acceptors (Lipinski definition) is 4. The number of nitrogens with zero attached hydrogens (tertiary/aromatic N) is 3. The van der Waals surface area contributed by atoms with E-state index in [-0.39, 0.29) is 24.0 Å². The third-order valence-corrected chi connectivity index (χ3v) is 5.36. The van der Waals surface area contributed by atoms with Crippen LogP contribution in [0.4, 0.5) is 0 Å². The van der Waals surface area contributed by atoms with Crippen molar-refractivity contribution in [2.24, 2.45) is 4.99 Å². The number of rotatable bonds is 8. The Labute approximate surface area is 167 Å². The first kappa shape index (κ1) is 21.7. The average molecular weight is 466 g/mol. The second kappa shape index (κ2) is 12.1. The molecule has 0 amide bonds. The second-order valence-electron chi connectivity index (χ2n) is 6.00. The van der Waals surface area contributed by atoms with Gasteiger partial charge >= 0.3 is 0 Å². The minimum Gasteiger partial charge on any atom is -0.383 e. The number of likely N-dealkylation sites (tertiary alicyclic amines) is 1. The molecule has 2 heterocycles. The van der Waals surface area contributed by atoms with Gasteiger partial charge in [-0.05, 0) is 37.3 Å². The summed E-state index contributed by atoms with van der Waals surface area (Å²) in [5, 5.41) is 5.68. The largest absolute Gasteiger partial charge is 0.383 e. The minimum absolute atomic E-state index is 0. The summed E-state index contributed by atoms with van der Waals surface area (Å²) >= 11 is 1.82. The molecular weight excluding hydrogens is 435 g/mol. The van der Waals surface area contributed by atoms with Crippen LogP contribution < -0.4 is 5.32 Å². The van der Waals surface area contributed by atoms with Crippen LogP contribution in [0.2, 0.25) is 0 Å². The van der Waals surface area contributed by atoms with Gasteiger partial charge in [0.05, 0.1) is 6.61 Å². The van der Waals surface area contributed by atoms with E-state index in [0.717, 1.165) is 38.6 Å². The molecule has 7 heteroatoms. The molecule has 1 atom stereocenters. The Morgan fingerprint density at radius 1 is 1.54 bits per heavy atom. The lowest BCUT2D eigenvalue weighted by Crippen LogP contribution is -2.46. The molecule has 24 heavy (non-hydrogen) atoms. The molecule has 1 saturated heterocycles. The van der Waals surface area contributed by atoms with Crippen molar-refractivity contribution in [1.29, 1.82) is 0 Å². The van der Waals surface area contributed by atoms with E-state index >= 15 is 0 Å². The molecule has 1 aliphatic heterocycles. The summed E-state index contributed by atoms with van der Waals surface area (Å²) in [6.07, 6.45) is 3.60. The first-order valence-electron chi connectivity index (χ1n) is 8.41. The zero-order chi connectivity index (χ0) is 16.5. The highest BCUT2D eigenvalue weighted by Crippen LogP contribution is 2.16. The topological polar surface area (TPSA) is 40.1 Å². The van der Waals surface area contributed by atoms with Crippen molar-refractivity contribution in [2.45, 2.75) is 25.3 Å². The summed E-state index contributed by atoms with van der Waals surface area (Å²) in [6.45, 7) is 4.96. The Morgan fingerprint density at radius 2 is 2.38 bits per heavy atom. The van der Waals surface area contributed by atoms with Crippen LogP contribution in [-0.4, -0.2) is 75.8 Å². The monoisotopic (exact) mass is 466 g/mol. The minimum atomic E-state index is 0. The van der Waals surface area contributed by atoms with Gasteiger partial charge < -0.3 is 15.0 Å². The molecule has 138 valence electrons. The van der Waals surface area contributed by atoms with E-state index in [2.05, 4.69) is 44.7 Å². The van der Waals surface area contributed by atoms with Crippen molar-refractivity contribution in [2.75, 3.05) is 54.0 Å². The lowest BCUT2D eigenvalue weighted by atomic mass is 10.2. The smallest absolute Gasteiger partial charge is 0.193 e. The summed E-state index contributed by atoms with van der Waals surface area (Å²) in [4.78, 5) is 10.6. The summed E-state index contributed by atoms with van der Waals surface area (Å²) in [7, 11) is 5.75. The number of ether oxygens (including phenoxy) is 1. The first-order valence-corrected chi connectivity index (χ1v) is 9.29. The molecule has 1 fully saturated rings. The SMILES string of the molecule is CN=C(NCC1CCCN1CCOC)N(C)CCc1cccs1.I. The standard InChI is InChI=1S/C17H30N4OS.HI/c1-18-17(20(2)10-8-16-7-5-13-23-16)19-14-15-6-4-9-21(15)11-12-22-3;/h5,7,13,15H,4,6,8-12,14H2,1-3H3,(H,18,19);1H. The molecule has 2 rings (SSSR count). The van der Waals surface area contributed by atoms with Crippen LogP contribution in [-0.2, 0) is 11.2 Å². The number of halogens is 1. The Balaban J connectivity index is 0.00000288. The maximum Gasteiger partial charge on any atom is 0.193 e. The van der Waals surface area contributed by atoms with E-state index in [1.165, 1.54) is 24.3 Å². The lowest BCUT2D eigenvalue weighted by molar-refractivity contribution is 0.141. The van der Waals surface area contributed by atoms with E-state index in [1.54, 1.807) is 7.11 Å². The van der Waals surface area contributed by atoms with Crippen molar-refractivity contribution < 1.29 is 4.74 Å². The summed E-state index contributed by atoms with van der Waals surface area (Å²) in [5.41, 5.74) is 0. The maximum absolute atomic E-state index is 5.21. The Kier molecular flexibility index (Phi) is 10.9. The van der Waals surface area contributed by atoms with Gasteiger partial charge in [-0.2, -0.15) is 0 Å². The van der Waals surface area contributed by atoms with Gasteiger partial charge in [-0.25, -0.2) is 0 Å². The van der Waals surface area contributed by atoms with E-state index in [0.29, 0.717) is 6.04 Å². The van der Waals surface area contributed by atoms with Gasteiger partial charge in [0.2, 0.25) is 0 Å². The molecule has 1 aromatic rings. The van der Waals surface area contributed by atoms with E-state index in [1.807, 2.05) is 18.4 Å². The van der Waals surface area contributed by atoms with Crippen molar-refractivity contribution in [3.8, 4) is 0 Å². The Morgan fingerprint density at radius 3 is 3.04 bits per heavy atom.